The number of carbonyl (C=O) groups is 2. The lowest BCUT2D eigenvalue weighted by Gasteiger charge is -2.20. The lowest BCUT2D eigenvalue weighted by molar-refractivity contribution is -0.115. The smallest absolute Gasteiger partial charge is 0.265 e. The number of ether oxygens (including phenoxy) is 2. The van der Waals surface area contributed by atoms with Gasteiger partial charge in [0.2, 0.25) is 5.91 Å². The van der Waals surface area contributed by atoms with Crippen LogP contribution in [0.3, 0.4) is 0 Å². The van der Waals surface area contributed by atoms with Crippen LogP contribution in [0.2, 0.25) is 5.02 Å². The molecule has 28 heavy (non-hydrogen) atoms. The molecule has 4 rings (SSSR count). The van der Waals surface area contributed by atoms with Gasteiger partial charge in [-0.25, -0.2) is 4.98 Å². The molecular formula is C18H15ClN4O4S. The van der Waals surface area contributed by atoms with Gasteiger partial charge < -0.3 is 25.5 Å². The topological polar surface area (TPSA) is 119 Å². The number of rotatable bonds is 5. The van der Waals surface area contributed by atoms with Gasteiger partial charge in [0.25, 0.3) is 5.91 Å². The van der Waals surface area contributed by atoms with E-state index in [4.69, 9.17) is 26.8 Å². The summed E-state index contributed by atoms with van der Waals surface area (Å²) in [5.74, 6) is 0.257. The van der Waals surface area contributed by atoms with Gasteiger partial charge in [0.1, 0.15) is 18.9 Å². The second kappa shape index (κ2) is 7.53. The van der Waals surface area contributed by atoms with E-state index in [0.29, 0.717) is 57.4 Å². The Labute approximate surface area is 168 Å². The fourth-order valence-corrected chi connectivity index (χ4v) is 3.79. The van der Waals surface area contributed by atoms with E-state index < -0.39 is 5.91 Å². The predicted molar refractivity (Wildman–Crippen MR) is 105 cm³/mol. The van der Waals surface area contributed by atoms with Crippen molar-refractivity contribution in [2.45, 2.75) is 6.42 Å². The first-order valence-corrected chi connectivity index (χ1v) is 9.57. The summed E-state index contributed by atoms with van der Waals surface area (Å²) in [5.41, 5.74) is 7.58. The number of H-pyrrole nitrogens is 1. The van der Waals surface area contributed by atoms with E-state index in [-0.39, 0.29) is 12.3 Å². The van der Waals surface area contributed by atoms with Crippen molar-refractivity contribution in [2.75, 3.05) is 18.5 Å². The molecule has 0 saturated carbocycles. The van der Waals surface area contributed by atoms with Crippen molar-refractivity contribution in [1.29, 1.82) is 0 Å². The van der Waals surface area contributed by atoms with Gasteiger partial charge in [0.05, 0.1) is 17.1 Å². The quantitative estimate of drug-likeness (QED) is 0.588. The molecule has 0 bridgehead atoms. The van der Waals surface area contributed by atoms with E-state index in [9.17, 15) is 9.59 Å². The molecule has 1 aliphatic heterocycles. The molecule has 3 heterocycles. The molecule has 1 aromatic carbocycles. The number of amides is 2. The zero-order chi connectivity index (χ0) is 19.7. The molecule has 8 nitrogen and oxygen atoms in total. The van der Waals surface area contributed by atoms with Gasteiger partial charge in [0, 0.05) is 17.1 Å². The Kier molecular flexibility index (Phi) is 4.93. The van der Waals surface area contributed by atoms with Gasteiger partial charge >= 0.3 is 0 Å². The van der Waals surface area contributed by atoms with Gasteiger partial charge in [-0.3, -0.25) is 9.59 Å². The molecule has 3 aromatic rings. The Balaban J connectivity index is 1.44. The van der Waals surface area contributed by atoms with Crippen LogP contribution in [0.15, 0.2) is 29.8 Å². The summed E-state index contributed by atoms with van der Waals surface area (Å²) in [6.07, 6.45) is 1.75. The lowest BCUT2D eigenvalue weighted by Crippen LogP contribution is -2.17. The van der Waals surface area contributed by atoms with Crippen molar-refractivity contribution in [3.63, 3.8) is 0 Å². The molecule has 0 aliphatic carbocycles. The number of aromatic nitrogens is 2. The minimum Gasteiger partial charge on any atom is -0.486 e. The first-order chi connectivity index (χ1) is 13.5. The molecule has 4 N–H and O–H groups in total. The van der Waals surface area contributed by atoms with Crippen molar-refractivity contribution in [2.24, 2.45) is 5.73 Å². The number of halogens is 1. The van der Waals surface area contributed by atoms with E-state index in [1.807, 2.05) is 0 Å². The van der Waals surface area contributed by atoms with Crippen LogP contribution in [-0.4, -0.2) is 35.0 Å². The average molecular weight is 419 g/mol. The summed E-state index contributed by atoms with van der Waals surface area (Å²) < 4.78 is 11.0. The number of carbonyl (C=O) groups excluding carboxylic acids is 2. The maximum atomic E-state index is 12.4. The number of nitrogens with zero attached hydrogens (tertiary/aromatic N) is 1. The number of fused-ring (bicyclic) bond motifs is 1. The number of hydrogen-bond donors (Lipinski definition) is 3. The number of benzene rings is 1. The minimum absolute atomic E-state index is 0.112. The van der Waals surface area contributed by atoms with Gasteiger partial charge in [-0.1, -0.05) is 11.6 Å². The van der Waals surface area contributed by atoms with Crippen LogP contribution < -0.4 is 20.5 Å². The fraction of sp³-hybridized carbons (Fsp3) is 0.167. The Hall–Kier alpha value is -3.04. The van der Waals surface area contributed by atoms with Crippen LogP contribution >= 0.6 is 22.9 Å². The molecule has 2 aromatic heterocycles. The Bertz CT molecular complexity index is 1060. The maximum absolute atomic E-state index is 12.4. The van der Waals surface area contributed by atoms with E-state index in [0.717, 1.165) is 0 Å². The van der Waals surface area contributed by atoms with Crippen molar-refractivity contribution >= 4 is 39.9 Å². The van der Waals surface area contributed by atoms with Gasteiger partial charge in [0.15, 0.2) is 16.6 Å². The van der Waals surface area contributed by atoms with Crippen LogP contribution in [0.1, 0.15) is 16.1 Å². The summed E-state index contributed by atoms with van der Waals surface area (Å²) in [6, 6.07) is 5.05. The van der Waals surface area contributed by atoms with Gasteiger partial charge in [-0.2, -0.15) is 0 Å². The summed E-state index contributed by atoms with van der Waals surface area (Å²) in [5, 5.41) is 5.40. The highest BCUT2D eigenvalue weighted by Gasteiger charge is 2.18. The molecule has 0 spiro atoms. The van der Waals surface area contributed by atoms with Crippen LogP contribution in [0, 0.1) is 0 Å². The number of aromatic amines is 1. The fourth-order valence-electron chi connectivity index (χ4n) is 2.76. The van der Waals surface area contributed by atoms with E-state index in [1.54, 1.807) is 29.8 Å². The van der Waals surface area contributed by atoms with E-state index >= 15 is 0 Å². The van der Waals surface area contributed by atoms with Crippen LogP contribution in [0.4, 0.5) is 5.13 Å². The molecule has 2 amide bonds. The number of primary amides is 1. The maximum Gasteiger partial charge on any atom is 0.265 e. The van der Waals surface area contributed by atoms with Crippen molar-refractivity contribution < 1.29 is 19.1 Å². The monoisotopic (exact) mass is 418 g/mol. The number of thiazole rings is 1. The van der Waals surface area contributed by atoms with Crippen molar-refractivity contribution in [3.05, 3.63) is 46.1 Å². The zero-order valence-corrected chi connectivity index (χ0v) is 16.0. The first kappa shape index (κ1) is 18.3. The third kappa shape index (κ3) is 3.80. The predicted octanol–water partition coefficient (Wildman–Crippen LogP) is 2.84. The minimum atomic E-state index is -0.548. The molecule has 0 fully saturated rings. The molecule has 0 unspecified atom stereocenters. The van der Waals surface area contributed by atoms with Gasteiger partial charge in [-0.15, -0.1) is 11.3 Å². The zero-order valence-electron chi connectivity index (χ0n) is 14.5. The Morgan fingerprint density at radius 1 is 1.29 bits per heavy atom. The summed E-state index contributed by atoms with van der Waals surface area (Å²) >= 11 is 7.49. The van der Waals surface area contributed by atoms with Crippen LogP contribution in [-0.2, 0) is 11.2 Å². The normalized spacial score (nSPS) is 12.6. The third-order valence-corrected chi connectivity index (χ3v) is 5.05. The van der Waals surface area contributed by atoms with E-state index in [2.05, 4.69) is 15.3 Å². The highest BCUT2D eigenvalue weighted by atomic mass is 35.5. The second-order valence-corrected chi connectivity index (χ2v) is 7.30. The molecule has 0 radical (unpaired) electrons. The summed E-state index contributed by atoms with van der Waals surface area (Å²) in [4.78, 5) is 30.7. The molecule has 144 valence electrons. The number of anilines is 1. The molecule has 10 heteroatoms. The van der Waals surface area contributed by atoms with Gasteiger partial charge in [-0.05, 0) is 23.8 Å². The molecule has 0 saturated heterocycles. The van der Waals surface area contributed by atoms with E-state index in [1.165, 1.54) is 11.3 Å². The van der Waals surface area contributed by atoms with Crippen LogP contribution in [0.5, 0.6) is 11.5 Å². The molecule has 0 atom stereocenters. The Morgan fingerprint density at radius 2 is 2.11 bits per heavy atom. The SMILES string of the molecule is NC(=O)c1cc(-c2csc(NC(=O)Cc3cc(Cl)c4c(c3)OCCO4)n2)c[nH]1. The summed E-state index contributed by atoms with van der Waals surface area (Å²) in [7, 11) is 0. The van der Waals surface area contributed by atoms with Crippen molar-refractivity contribution in [1.82, 2.24) is 9.97 Å². The first-order valence-electron chi connectivity index (χ1n) is 8.31. The molecule has 1 aliphatic rings. The largest absolute Gasteiger partial charge is 0.486 e. The number of nitrogens with one attached hydrogen (secondary N) is 2. The lowest BCUT2D eigenvalue weighted by atomic mass is 10.1. The summed E-state index contributed by atoms with van der Waals surface area (Å²) in [6.45, 7) is 0.887. The van der Waals surface area contributed by atoms with Crippen molar-refractivity contribution in [3.8, 4) is 22.8 Å². The van der Waals surface area contributed by atoms with Crippen LogP contribution in [0.25, 0.3) is 11.3 Å². The third-order valence-electron chi connectivity index (χ3n) is 4.02. The standard InChI is InChI=1S/C18H15ClN4O4S/c19-11-3-9(4-14-16(11)27-2-1-26-14)5-15(24)23-18-22-13(8-28-18)10-6-12(17(20)25)21-7-10/h3-4,6-8,21H,1-2,5H2,(H2,20,25)(H,22,23,24). The number of hydrogen-bond acceptors (Lipinski definition) is 6. The highest BCUT2D eigenvalue weighted by molar-refractivity contribution is 7.14. The second-order valence-electron chi connectivity index (χ2n) is 6.03. The number of nitrogens with two attached hydrogens (primary N) is 1. The highest BCUT2D eigenvalue weighted by Crippen LogP contribution is 2.38. The Morgan fingerprint density at radius 3 is 2.89 bits per heavy atom. The molecular weight excluding hydrogens is 404 g/mol. The average Bonchev–Trinajstić information content (AvgIpc) is 3.31.